The van der Waals surface area contributed by atoms with Crippen molar-refractivity contribution in [3.8, 4) is 0 Å². The molecule has 1 saturated heterocycles. The minimum absolute atomic E-state index is 0.0186. The Hall–Kier alpha value is -2.97. The van der Waals surface area contributed by atoms with Gasteiger partial charge >= 0.3 is 29.4 Å². The molecule has 0 saturated carbocycles. The summed E-state index contributed by atoms with van der Waals surface area (Å²) in [5, 5.41) is 34.6. The molecular formula is C26H42N7O19P3S. The number of thioether (sulfide) groups is 1. The Morgan fingerprint density at radius 1 is 1.05 bits per heavy atom. The minimum Gasteiger partial charge on any atom is -0.481 e. The predicted octanol–water partition coefficient (Wildman–Crippen LogP) is -1.22. The lowest BCUT2D eigenvalue weighted by Crippen LogP contribution is -2.46. The highest BCUT2D eigenvalue weighted by Gasteiger charge is 2.50. The van der Waals surface area contributed by atoms with Crippen molar-refractivity contribution in [1.29, 1.82) is 0 Å². The highest BCUT2D eigenvalue weighted by molar-refractivity contribution is 8.13. The van der Waals surface area contributed by atoms with Gasteiger partial charge in [-0.15, -0.1) is 0 Å². The van der Waals surface area contributed by atoms with Crippen LogP contribution in [-0.2, 0) is 55.5 Å². The van der Waals surface area contributed by atoms with Gasteiger partial charge in [0.1, 0.15) is 42.2 Å². The summed E-state index contributed by atoms with van der Waals surface area (Å²) < 4.78 is 61.9. The normalized spacial score (nSPS) is 22.2. The summed E-state index contributed by atoms with van der Waals surface area (Å²) in [6, 6.07) is 0. The number of nitrogens with zero attached hydrogens (tertiary/aromatic N) is 4. The number of hydrogen-bond donors (Lipinski definition) is 10. The maximum atomic E-state index is 12.7. The number of carboxylic acids is 1. The van der Waals surface area contributed by atoms with Crippen molar-refractivity contribution in [2.75, 3.05) is 37.8 Å². The monoisotopic (exact) mass is 881 g/mol. The number of carbonyl (C=O) groups is 4. The van der Waals surface area contributed by atoms with E-state index < -0.39 is 102 Å². The molecule has 0 bridgehead atoms. The number of fused-ring (bicyclic) bond motifs is 1. The molecular weight excluding hydrogens is 839 g/mol. The van der Waals surface area contributed by atoms with E-state index >= 15 is 0 Å². The Labute approximate surface area is 321 Å². The zero-order chi connectivity index (χ0) is 42.2. The zero-order valence-electron chi connectivity index (χ0n) is 29.7. The van der Waals surface area contributed by atoms with Crippen LogP contribution in [-0.4, -0.2) is 134 Å². The van der Waals surface area contributed by atoms with Crippen molar-refractivity contribution in [2.24, 2.45) is 11.3 Å². The van der Waals surface area contributed by atoms with Crippen LogP contribution >= 0.6 is 35.2 Å². The van der Waals surface area contributed by atoms with Crippen LogP contribution in [0.15, 0.2) is 12.7 Å². The number of rotatable bonds is 22. The maximum absolute atomic E-state index is 12.7. The highest BCUT2D eigenvalue weighted by atomic mass is 32.2. The van der Waals surface area contributed by atoms with Gasteiger partial charge in [0.05, 0.1) is 19.5 Å². The Morgan fingerprint density at radius 3 is 2.34 bits per heavy atom. The van der Waals surface area contributed by atoms with Crippen LogP contribution in [0.4, 0.5) is 5.82 Å². The smallest absolute Gasteiger partial charge is 0.481 e. The third-order valence-electron chi connectivity index (χ3n) is 7.74. The number of nitrogens with two attached hydrogens (primary N) is 1. The summed E-state index contributed by atoms with van der Waals surface area (Å²) in [6.45, 7) is 1.68. The molecule has 0 aromatic carbocycles. The van der Waals surface area contributed by atoms with Gasteiger partial charge in [0, 0.05) is 30.7 Å². The molecule has 0 aliphatic carbocycles. The molecule has 11 N–H and O–H groups in total. The van der Waals surface area contributed by atoms with Crippen LogP contribution in [0.25, 0.3) is 11.2 Å². The van der Waals surface area contributed by atoms with Gasteiger partial charge < -0.3 is 56.0 Å². The molecule has 8 atom stereocenters. The SMILES string of the molecule is CC[C@H](C(=O)O)C(=O)SCCNC(=O)CCNC(=O)[C@H](O)C(C)(C)COP(=O)(O)OP(=O)(O)OC[C@H]1O[C@@H](n2cnc3c(N)ncnc32)[C@H](O)[C@@H]1OP(=O)(O)O. The Morgan fingerprint density at radius 2 is 1.71 bits per heavy atom. The second-order valence-electron chi connectivity index (χ2n) is 12.5. The molecule has 3 heterocycles. The van der Waals surface area contributed by atoms with Gasteiger partial charge in [-0.25, -0.2) is 28.6 Å². The molecule has 1 aliphatic heterocycles. The van der Waals surface area contributed by atoms with Gasteiger partial charge in [-0.05, 0) is 6.42 Å². The number of carboxylic acid groups (broad SMARTS) is 1. The molecule has 26 nitrogen and oxygen atoms in total. The number of aliphatic hydroxyl groups excluding tert-OH is 2. The molecule has 0 spiro atoms. The predicted molar refractivity (Wildman–Crippen MR) is 189 cm³/mol. The van der Waals surface area contributed by atoms with Gasteiger partial charge in [0.2, 0.25) is 16.9 Å². The fraction of sp³-hybridized carbons (Fsp3) is 0.654. The molecule has 56 heavy (non-hydrogen) atoms. The molecule has 1 fully saturated rings. The summed E-state index contributed by atoms with van der Waals surface area (Å²) in [4.78, 5) is 98.4. The first-order valence-electron chi connectivity index (χ1n) is 16.2. The Bertz CT molecular complexity index is 1880. The fourth-order valence-electron chi connectivity index (χ4n) is 4.82. The average Bonchev–Trinajstić information content (AvgIpc) is 3.64. The maximum Gasteiger partial charge on any atom is 0.481 e. The quantitative estimate of drug-likeness (QED) is 0.0376. The number of nitrogen functional groups attached to an aromatic ring is 1. The first-order chi connectivity index (χ1) is 25.9. The van der Waals surface area contributed by atoms with E-state index in [4.69, 9.17) is 24.6 Å². The number of phosphoric acid groups is 3. The second-order valence-corrected chi connectivity index (χ2v) is 17.9. The average molecular weight is 882 g/mol. The van der Waals surface area contributed by atoms with Crippen molar-refractivity contribution in [3.05, 3.63) is 12.7 Å². The van der Waals surface area contributed by atoms with E-state index in [0.717, 1.165) is 29.0 Å². The first kappa shape index (κ1) is 47.4. The van der Waals surface area contributed by atoms with E-state index in [-0.39, 0.29) is 48.7 Å². The van der Waals surface area contributed by atoms with Crippen molar-refractivity contribution in [1.82, 2.24) is 30.2 Å². The molecule has 3 rings (SSSR count). The number of anilines is 1. The van der Waals surface area contributed by atoms with Gasteiger partial charge in [-0.1, -0.05) is 32.5 Å². The van der Waals surface area contributed by atoms with Gasteiger partial charge in [-0.2, -0.15) is 4.31 Å². The van der Waals surface area contributed by atoms with Crippen LogP contribution < -0.4 is 16.4 Å². The number of aliphatic carboxylic acids is 1. The molecule has 2 amide bonds. The van der Waals surface area contributed by atoms with Crippen molar-refractivity contribution in [3.63, 3.8) is 0 Å². The number of phosphoric ester groups is 3. The zero-order valence-corrected chi connectivity index (χ0v) is 33.2. The summed E-state index contributed by atoms with van der Waals surface area (Å²) in [7, 11) is -16.5. The number of aromatic nitrogens is 4. The first-order valence-corrected chi connectivity index (χ1v) is 21.7. The minimum atomic E-state index is -5.59. The van der Waals surface area contributed by atoms with Crippen LogP contribution in [0.1, 0.15) is 39.8 Å². The van der Waals surface area contributed by atoms with E-state index in [1.54, 1.807) is 6.92 Å². The number of aliphatic hydroxyl groups is 2. The van der Waals surface area contributed by atoms with Gasteiger partial charge in [-0.3, -0.25) is 37.3 Å². The van der Waals surface area contributed by atoms with E-state index in [1.165, 1.54) is 13.8 Å². The lowest BCUT2D eigenvalue weighted by molar-refractivity contribution is -0.144. The highest BCUT2D eigenvalue weighted by Crippen LogP contribution is 2.61. The Kier molecular flexibility index (Phi) is 16.6. The van der Waals surface area contributed by atoms with E-state index in [0.29, 0.717) is 0 Å². The summed E-state index contributed by atoms with van der Waals surface area (Å²) in [5.74, 6) is -3.92. The van der Waals surface area contributed by atoms with E-state index in [9.17, 15) is 62.7 Å². The van der Waals surface area contributed by atoms with Crippen LogP contribution in [0, 0.1) is 11.3 Å². The van der Waals surface area contributed by atoms with Crippen molar-refractivity contribution >= 4 is 75.1 Å². The number of amides is 2. The molecule has 1 aliphatic rings. The molecule has 2 aromatic heterocycles. The standard InChI is InChI=1S/C26H42N7O19P3S/c1-4-13(24(38)39)25(40)56-8-7-28-15(34)5-6-29-22(37)19(36)26(2,3)10-49-55(46,47)52-54(44,45)48-9-14-18(51-53(41,42)43)17(35)23(50-14)33-12-32-16-20(27)30-11-31-21(16)33/h11-14,17-19,23,35-36H,4-10H2,1-3H3,(H,28,34)(H,29,37)(H,38,39)(H,44,45)(H,46,47)(H2,27,30,31)(H2,41,42,43)/t13-,14-,17-,18-,19+,23-/m1/s1. The fourth-order valence-corrected chi connectivity index (χ4v) is 8.53. The van der Waals surface area contributed by atoms with Crippen LogP contribution in [0.2, 0.25) is 0 Å². The third-order valence-corrected chi connectivity index (χ3v) is 11.8. The molecule has 316 valence electrons. The molecule has 2 unspecified atom stereocenters. The van der Waals surface area contributed by atoms with Crippen LogP contribution in [0.5, 0.6) is 0 Å². The van der Waals surface area contributed by atoms with E-state index in [2.05, 4.69) is 34.4 Å². The van der Waals surface area contributed by atoms with E-state index in [1.807, 2.05) is 0 Å². The molecule has 0 radical (unpaired) electrons. The third kappa shape index (κ3) is 13.6. The Balaban J connectivity index is 1.49. The lowest BCUT2D eigenvalue weighted by atomic mass is 9.87. The summed E-state index contributed by atoms with van der Waals surface area (Å²) in [5.41, 5.74) is 4.19. The number of hydrogen-bond acceptors (Lipinski definition) is 19. The summed E-state index contributed by atoms with van der Waals surface area (Å²) >= 11 is 0.750. The summed E-state index contributed by atoms with van der Waals surface area (Å²) in [6.07, 6.45) is -7.01. The number of imidazole rings is 1. The topological polar surface area (TPSA) is 401 Å². The number of carbonyl (C=O) groups excluding carboxylic acids is 3. The number of ether oxygens (including phenoxy) is 1. The molecule has 2 aromatic rings. The van der Waals surface area contributed by atoms with Gasteiger partial charge in [0.25, 0.3) is 0 Å². The largest absolute Gasteiger partial charge is 0.481 e. The second kappa shape index (κ2) is 19.7. The van der Waals surface area contributed by atoms with Crippen LogP contribution in [0.3, 0.4) is 0 Å². The lowest BCUT2D eigenvalue weighted by Gasteiger charge is -2.30. The van der Waals surface area contributed by atoms with Gasteiger partial charge in [0.15, 0.2) is 17.7 Å². The van der Waals surface area contributed by atoms with Crippen molar-refractivity contribution < 1.29 is 90.4 Å². The molecule has 30 heteroatoms. The van der Waals surface area contributed by atoms with Crippen molar-refractivity contribution in [2.45, 2.75) is 64.3 Å². The number of nitrogens with one attached hydrogen (secondary N) is 2.